The summed E-state index contributed by atoms with van der Waals surface area (Å²) in [5.41, 5.74) is 7.07. The number of halogens is 2. The Balaban J connectivity index is 2.25. The molecule has 0 aromatic heterocycles. The number of rotatable bonds is 3. The Morgan fingerprint density at radius 2 is 1.81 bits per heavy atom. The minimum Gasteiger partial charge on any atom is -0.398 e. The zero-order chi connectivity index (χ0) is 15.6. The van der Waals surface area contributed by atoms with E-state index >= 15 is 0 Å². The van der Waals surface area contributed by atoms with Crippen molar-refractivity contribution in [2.45, 2.75) is 19.9 Å². The molecule has 1 amide bonds. The van der Waals surface area contributed by atoms with E-state index in [1.807, 2.05) is 6.92 Å². The molecule has 1 atom stereocenters. The maximum atomic E-state index is 13.7. The van der Waals surface area contributed by atoms with Crippen LogP contribution in [0.25, 0.3) is 0 Å². The van der Waals surface area contributed by atoms with Crippen LogP contribution in [0.2, 0.25) is 0 Å². The first-order valence-electron chi connectivity index (χ1n) is 6.51. The Hall–Kier alpha value is -2.43. The minimum atomic E-state index is -0.807. The van der Waals surface area contributed by atoms with Crippen molar-refractivity contribution in [3.05, 3.63) is 64.7 Å². The normalized spacial score (nSPS) is 12.0. The molecule has 0 saturated heterocycles. The number of carbonyl (C=O) groups excluding carboxylic acids is 1. The van der Waals surface area contributed by atoms with Crippen LogP contribution in [-0.4, -0.2) is 5.91 Å². The van der Waals surface area contributed by atoms with E-state index < -0.39 is 23.6 Å². The van der Waals surface area contributed by atoms with Crippen LogP contribution in [0.5, 0.6) is 0 Å². The molecule has 0 radical (unpaired) electrons. The predicted octanol–water partition coefficient (Wildman–Crippen LogP) is 3.35. The highest BCUT2D eigenvalue weighted by Crippen LogP contribution is 2.21. The molecule has 0 aliphatic rings. The number of nitrogens with two attached hydrogens (primary N) is 1. The standard InChI is InChI=1S/C16H16F2N2O/c1-9-6-7-14(19)11(8-9)16(21)20-10(2)15-12(17)4-3-5-13(15)18/h3-8,10H,19H2,1-2H3,(H,20,21). The fourth-order valence-corrected chi connectivity index (χ4v) is 2.14. The number of nitrogens with one attached hydrogen (secondary N) is 1. The van der Waals surface area contributed by atoms with Crippen molar-refractivity contribution in [2.75, 3.05) is 5.73 Å². The number of aryl methyl sites for hydroxylation is 1. The van der Waals surface area contributed by atoms with Crippen molar-refractivity contribution in [3.63, 3.8) is 0 Å². The number of carbonyl (C=O) groups is 1. The van der Waals surface area contributed by atoms with Gasteiger partial charge in [-0.25, -0.2) is 8.78 Å². The maximum absolute atomic E-state index is 13.7. The molecule has 0 fully saturated rings. The number of anilines is 1. The Bertz CT molecular complexity index is 666. The first-order valence-corrected chi connectivity index (χ1v) is 6.51. The molecule has 1 unspecified atom stereocenters. The fourth-order valence-electron chi connectivity index (χ4n) is 2.14. The van der Waals surface area contributed by atoms with E-state index in [4.69, 9.17) is 5.73 Å². The molecule has 21 heavy (non-hydrogen) atoms. The summed E-state index contributed by atoms with van der Waals surface area (Å²) in [4.78, 5) is 12.2. The molecule has 0 saturated carbocycles. The van der Waals surface area contributed by atoms with Gasteiger partial charge >= 0.3 is 0 Å². The smallest absolute Gasteiger partial charge is 0.253 e. The molecule has 5 heteroatoms. The molecule has 0 aliphatic heterocycles. The van der Waals surface area contributed by atoms with Gasteiger partial charge in [-0.05, 0) is 38.1 Å². The summed E-state index contributed by atoms with van der Waals surface area (Å²) < 4.78 is 27.4. The third-order valence-corrected chi connectivity index (χ3v) is 3.23. The monoisotopic (exact) mass is 290 g/mol. The van der Waals surface area contributed by atoms with Gasteiger partial charge in [-0.15, -0.1) is 0 Å². The highest BCUT2D eigenvalue weighted by atomic mass is 19.1. The molecule has 3 nitrogen and oxygen atoms in total. The molecule has 2 aromatic carbocycles. The number of hydrogen-bond acceptors (Lipinski definition) is 2. The largest absolute Gasteiger partial charge is 0.398 e. The molecular weight excluding hydrogens is 274 g/mol. The van der Waals surface area contributed by atoms with Gasteiger partial charge < -0.3 is 11.1 Å². The van der Waals surface area contributed by atoms with Crippen LogP contribution in [0.15, 0.2) is 36.4 Å². The van der Waals surface area contributed by atoms with Gasteiger partial charge in [-0.3, -0.25) is 4.79 Å². The number of hydrogen-bond donors (Lipinski definition) is 2. The van der Waals surface area contributed by atoms with Crippen molar-refractivity contribution in [2.24, 2.45) is 0 Å². The molecule has 0 bridgehead atoms. The van der Waals surface area contributed by atoms with Crippen molar-refractivity contribution >= 4 is 11.6 Å². The summed E-state index contributed by atoms with van der Waals surface area (Å²) in [5.74, 6) is -1.86. The molecule has 0 spiro atoms. The number of amides is 1. The van der Waals surface area contributed by atoms with Crippen molar-refractivity contribution in [1.82, 2.24) is 5.32 Å². The lowest BCUT2D eigenvalue weighted by molar-refractivity contribution is 0.0939. The second kappa shape index (κ2) is 5.91. The Morgan fingerprint density at radius 3 is 2.43 bits per heavy atom. The van der Waals surface area contributed by atoms with Gasteiger partial charge in [0.25, 0.3) is 5.91 Å². The molecule has 2 rings (SSSR count). The van der Waals surface area contributed by atoms with E-state index in [1.165, 1.54) is 13.0 Å². The van der Waals surface area contributed by atoms with E-state index in [0.717, 1.165) is 17.7 Å². The molecule has 110 valence electrons. The van der Waals surface area contributed by atoms with E-state index in [0.29, 0.717) is 11.3 Å². The zero-order valence-electron chi connectivity index (χ0n) is 11.8. The number of nitrogen functional groups attached to an aromatic ring is 1. The van der Waals surface area contributed by atoms with E-state index in [-0.39, 0.29) is 5.56 Å². The average Bonchev–Trinajstić information content (AvgIpc) is 2.41. The SMILES string of the molecule is Cc1ccc(N)c(C(=O)NC(C)c2c(F)cccc2F)c1. The third kappa shape index (κ3) is 3.18. The molecular formula is C16H16F2N2O. The molecule has 0 aliphatic carbocycles. The first kappa shape index (κ1) is 15.0. The number of benzene rings is 2. The van der Waals surface area contributed by atoms with Gasteiger partial charge in [0.2, 0.25) is 0 Å². The van der Waals surface area contributed by atoms with Crippen LogP contribution < -0.4 is 11.1 Å². The minimum absolute atomic E-state index is 0.169. The van der Waals surface area contributed by atoms with Crippen molar-refractivity contribution in [1.29, 1.82) is 0 Å². The summed E-state index contributed by atoms with van der Waals surface area (Å²) in [6, 6.07) is 7.82. The fraction of sp³-hybridized carbons (Fsp3) is 0.188. The van der Waals surface area contributed by atoms with Crippen LogP contribution in [0.3, 0.4) is 0 Å². The van der Waals surface area contributed by atoms with E-state index in [9.17, 15) is 13.6 Å². The van der Waals surface area contributed by atoms with Crippen LogP contribution in [0, 0.1) is 18.6 Å². The molecule has 3 N–H and O–H groups in total. The maximum Gasteiger partial charge on any atom is 0.253 e. The zero-order valence-corrected chi connectivity index (χ0v) is 11.8. The Kier molecular flexibility index (Phi) is 4.21. The highest BCUT2D eigenvalue weighted by Gasteiger charge is 2.19. The summed E-state index contributed by atoms with van der Waals surface area (Å²) in [5, 5.41) is 2.56. The predicted molar refractivity (Wildman–Crippen MR) is 77.8 cm³/mol. The Labute approximate surface area is 121 Å². The quantitative estimate of drug-likeness (QED) is 0.852. The van der Waals surface area contributed by atoms with E-state index in [2.05, 4.69) is 5.32 Å². The summed E-state index contributed by atoms with van der Waals surface area (Å²) in [6.45, 7) is 3.35. The topological polar surface area (TPSA) is 55.1 Å². The van der Waals surface area contributed by atoms with Crippen LogP contribution in [-0.2, 0) is 0 Å². The summed E-state index contributed by atoms with van der Waals surface area (Å²) in [7, 11) is 0. The van der Waals surface area contributed by atoms with Crippen molar-refractivity contribution in [3.8, 4) is 0 Å². The lowest BCUT2D eigenvalue weighted by atomic mass is 10.0. The third-order valence-electron chi connectivity index (χ3n) is 3.23. The van der Waals surface area contributed by atoms with Gasteiger partial charge in [0, 0.05) is 11.3 Å². The second-order valence-corrected chi connectivity index (χ2v) is 4.92. The van der Waals surface area contributed by atoms with E-state index in [1.54, 1.807) is 18.2 Å². The van der Waals surface area contributed by atoms with Crippen LogP contribution in [0.4, 0.5) is 14.5 Å². The lowest BCUT2D eigenvalue weighted by Gasteiger charge is -2.16. The van der Waals surface area contributed by atoms with Gasteiger partial charge in [-0.1, -0.05) is 17.7 Å². The van der Waals surface area contributed by atoms with Crippen LogP contribution in [0.1, 0.15) is 34.5 Å². The molecule has 2 aromatic rings. The second-order valence-electron chi connectivity index (χ2n) is 4.92. The van der Waals surface area contributed by atoms with Gasteiger partial charge in [0.05, 0.1) is 11.6 Å². The Morgan fingerprint density at radius 1 is 1.19 bits per heavy atom. The average molecular weight is 290 g/mol. The molecule has 0 heterocycles. The van der Waals surface area contributed by atoms with Crippen molar-refractivity contribution < 1.29 is 13.6 Å². The highest BCUT2D eigenvalue weighted by molar-refractivity contribution is 5.99. The summed E-state index contributed by atoms with van der Waals surface area (Å²) >= 11 is 0. The van der Waals surface area contributed by atoms with Gasteiger partial charge in [-0.2, -0.15) is 0 Å². The first-order chi connectivity index (χ1) is 9.90. The van der Waals surface area contributed by atoms with Gasteiger partial charge in [0.1, 0.15) is 11.6 Å². The lowest BCUT2D eigenvalue weighted by Crippen LogP contribution is -2.28. The van der Waals surface area contributed by atoms with Crippen LogP contribution >= 0.6 is 0 Å². The van der Waals surface area contributed by atoms with Gasteiger partial charge in [0.15, 0.2) is 0 Å². The summed E-state index contributed by atoms with van der Waals surface area (Å²) in [6.07, 6.45) is 0.